The maximum atomic E-state index is 6.14. The summed E-state index contributed by atoms with van der Waals surface area (Å²) in [5.74, 6) is 0. The van der Waals surface area contributed by atoms with E-state index in [9.17, 15) is 0 Å². The Balaban J connectivity index is 1.42. The molecule has 2 fully saturated rings. The summed E-state index contributed by atoms with van der Waals surface area (Å²) in [4.78, 5) is 11.6. The van der Waals surface area contributed by atoms with Crippen LogP contribution in [0.5, 0.6) is 0 Å². The number of ether oxygens (including phenoxy) is 1. The molecule has 2 aromatic heterocycles. The van der Waals surface area contributed by atoms with Crippen molar-refractivity contribution in [3.8, 4) is 0 Å². The molecule has 3 aliphatic heterocycles. The molecule has 0 amide bonds. The second-order valence-electron chi connectivity index (χ2n) is 10.3. The van der Waals surface area contributed by atoms with Crippen molar-refractivity contribution in [1.29, 1.82) is 0 Å². The SMILES string of the molecule is C1=CC(CN2CCCCC2)(c2ccc3c(c2)c(/C=C/c2cccnc2)nn3C2CCCCO2)CN=C1. The number of rotatable bonds is 6. The van der Waals surface area contributed by atoms with E-state index in [1.165, 1.54) is 49.7 Å². The van der Waals surface area contributed by atoms with Crippen LogP contribution in [0.3, 0.4) is 0 Å². The molecule has 0 aliphatic carbocycles. The fraction of sp³-hybridized carbons (Fsp3) is 0.433. The van der Waals surface area contributed by atoms with Crippen LogP contribution in [0, 0.1) is 0 Å². The number of nitrogens with zero attached hydrogens (tertiary/aromatic N) is 5. The topological polar surface area (TPSA) is 55.5 Å². The van der Waals surface area contributed by atoms with E-state index < -0.39 is 0 Å². The number of aliphatic imine (C=N–C) groups is 1. The number of fused-ring (bicyclic) bond motifs is 1. The fourth-order valence-corrected chi connectivity index (χ4v) is 5.84. The van der Waals surface area contributed by atoms with E-state index in [1.54, 1.807) is 6.20 Å². The molecule has 2 unspecified atom stereocenters. The zero-order chi connectivity index (χ0) is 24.2. The third-order valence-corrected chi connectivity index (χ3v) is 7.79. The van der Waals surface area contributed by atoms with Crippen LogP contribution >= 0.6 is 0 Å². The Morgan fingerprint density at radius 1 is 1.06 bits per heavy atom. The third kappa shape index (κ3) is 4.80. The first-order chi connectivity index (χ1) is 17.8. The van der Waals surface area contributed by atoms with Gasteiger partial charge in [-0.05, 0) is 86.7 Å². The number of hydrogen-bond acceptors (Lipinski definition) is 5. The minimum atomic E-state index is -0.117. The molecule has 0 radical (unpaired) electrons. The van der Waals surface area contributed by atoms with E-state index in [-0.39, 0.29) is 11.6 Å². The average Bonchev–Trinajstić information content (AvgIpc) is 3.32. The number of benzene rings is 1. The Bertz CT molecular complexity index is 1270. The van der Waals surface area contributed by atoms with Gasteiger partial charge >= 0.3 is 0 Å². The number of hydrogen-bond donors (Lipinski definition) is 0. The van der Waals surface area contributed by atoms with Gasteiger partial charge in [0, 0.05) is 42.6 Å². The highest BCUT2D eigenvalue weighted by Crippen LogP contribution is 2.35. The minimum Gasteiger partial charge on any atom is -0.356 e. The van der Waals surface area contributed by atoms with Gasteiger partial charge in [0.2, 0.25) is 0 Å². The molecular weight excluding hydrogens is 446 g/mol. The van der Waals surface area contributed by atoms with Gasteiger partial charge in [0.25, 0.3) is 0 Å². The fourth-order valence-electron chi connectivity index (χ4n) is 5.84. The highest BCUT2D eigenvalue weighted by molar-refractivity contribution is 5.90. The molecule has 6 nitrogen and oxygen atoms in total. The lowest BCUT2D eigenvalue weighted by atomic mass is 9.77. The highest BCUT2D eigenvalue weighted by atomic mass is 16.5. The quantitative estimate of drug-likeness (QED) is 0.456. The zero-order valence-corrected chi connectivity index (χ0v) is 20.9. The lowest BCUT2D eigenvalue weighted by molar-refractivity contribution is -0.0367. The predicted molar refractivity (Wildman–Crippen MR) is 146 cm³/mol. The molecule has 186 valence electrons. The van der Waals surface area contributed by atoms with Gasteiger partial charge in [-0.3, -0.25) is 9.98 Å². The molecule has 6 rings (SSSR count). The van der Waals surface area contributed by atoms with Gasteiger partial charge in [-0.1, -0.05) is 30.7 Å². The molecule has 36 heavy (non-hydrogen) atoms. The van der Waals surface area contributed by atoms with E-state index >= 15 is 0 Å². The minimum absolute atomic E-state index is 0.00544. The van der Waals surface area contributed by atoms with Gasteiger partial charge < -0.3 is 9.64 Å². The molecule has 0 bridgehead atoms. The monoisotopic (exact) mass is 481 g/mol. The molecule has 0 saturated carbocycles. The van der Waals surface area contributed by atoms with Crippen molar-refractivity contribution >= 4 is 29.3 Å². The number of dihydropyridines is 1. The van der Waals surface area contributed by atoms with Crippen LogP contribution < -0.4 is 0 Å². The highest BCUT2D eigenvalue weighted by Gasteiger charge is 2.34. The first kappa shape index (κ1) is 23.3. The third-order valence-electron chi connectivity index (χ3n) is 7.79. The summed E-state index contributed by atoms with van der Waals surface area (Å²) in [6, 6.07) is 10.9. The second-order valence-corrected chi connectivity index (χ2v) is 10.3. The first-order valence-electron chi connectivity index (χ1n) is 13.4. The van der Waals surface area contributed by atoms with Gasteiger partial charge in [0.05, 0.1) is 17.8 Å². The van der Waals surface area contributed by atoms with Crippen LogP contribution in [0.1, 0.15) is 61.6 Å². The molecule has 0 spiro atoms. The summed E-state index contributed by atoms with van der Waals surface area (Å²) in [6.45, 7) is 4.95. The normalized spacial score (nSPS) is 25.2. The molecule has 1 aromatic carbocycles. The Morgan fingerprint density at radius 2 is 2.00 bits per heavy atom. The Labute approximate surface area is 213 Å². The smallest absolute Gasteiger partial charge is 0.150 e. The number of pyridine rings is 1. The molecule has 2 atom stereocenters. The molecule has 2 saturated heterocycles. The van der Waals surface area contributed by atoms with Crippen LogP contribution in [0.15, 0.2) is 59.9 Å². The largest absolute Gasteiger partial charge is 0.356 e. The average molecular weight is 482 g/mol. The van der Waals surface area contributed by atoms with Gasteiger partial charge in [0.15, 0.2) is 6.23 Å². The predicted octanol–water partition coefficient (Wildman–Crippen LogP) is 5.67. The van der Waals surface area contributed by atoms with Gasteiger partial charge in [-0.25, -0.2) is 4.68 Å². The van der Waals surface area contributed by atoms with Gasteiger partial charge in [0.1, 0.15) is 0 Å². The maximum Gasteiger partial charge on any atom is 0.150 e. The van der Waals surface area contributed by atoms with Crippen molar-refractivity contribution in [3.63, 3.8) is 0 Å². The summed E-state index contributed by atoms with van der Waals surface area (Å²) in [7, 11) is 0. The van der Waals surface area contributed by atoms with Crippen molar-refractivity contribution < 1.29 is 4.74 Å². The summed E-state index contributed by atoms with van der Waals surface area (Å²) in [5, 5.41) is 6.25. The second kappa shape index (κ2) is 10.5. The molecule has 0 N–H and O–H groups in total. The standard InChI is InChI=1S/C30H35N5O/c1-3-17-34(18-4-1)23-30(14-7-16-32-22-30)25-11-13-28-26(20-25)27(12-10-24-8-6-15-31-21-24)33-35(28)29-9-2-5-19-36-29/h6-8,10-16,20-21,29H,1-5,9,17-19,22-23H2/b12-10+. The summed E-state index contributed by atoms with van der Waals surface area (Å²) in [5.41, 5.74) is 4.37. The molecule has 3 aliphatic rings. The number of piperidine rings is 1. The molecule has 3 aromatic rings. The van der Waals surface area contributed by atoms with Crippen molar-refractivity contribution in [3.05, 3.63) is 71.7 Å². The van der Waals surface area contributed by atoms with E-state index in [2.05, 4.69) is 63.1 Å². The Hall–Kier alpha value is -3.09. The summed E-state index contributed by atoms with van der Waals surface area (Å²) in [6.07, 6.45) is 21.6. The van der Waals surface area contributed by atoms with Crippen molar-refractivity contribution in [1.82, 2.24) is 19.7 Å². The van der Waals surface area contributed by atoms with Crippen LogP contribution in [0.2, 0.25) is 0 Å². The van der Waals surface area contributed by atoms with E-state index in [4.69, 9.17) is 14.8 Å². The lowest BCUT2D eigenvalue weighted by Gasteiger charge is -2.38. The number of aromatic nitrogens is 3. The van der Waals surface area contributed by atoms with Gasteiger partial charge in [-0.2, -0.15) is 5.10 Å². The molecule has 5 heterocycles. The Kier molecular flexibility index (Phi) is 6.79. The van der Waals surface area contributed by atoms with Crippen molar-refractivity contribution in [2.24, 2.45) is 4.99 Å². The van der Waals surface area contributed by atoms with Crippen LogP contribution in [0.25, 0.3) is 23.1 Å². The molecule has 6 heteroatoms. The number of allylic oxidation sites excluding steroid dienone is 1. The maximum absolute atomic E-state index is 6.14. The lowest BCUT2D eigenvalue weighted by Crippen LogP contribution is -2.44. The van der Waals surface area contributed by atoms with Crippen molar-refractivity contribution in [2.45, 2.75) is 50.2 Å². The summed E-state index contributed by atoms with van der Waals surface area (Å²) >= 11 is 0. The van der Waals surface area contributed by atoms with Crippen LogP contribution in [0.4, 0.5) is 0 Å². The first-order valence-corrected chi connectivity index (χ1v) is 13.4. The zero-order valence-electron chi connectivity index (χ0n) is 20.9. The number of likely N-dealkylation sites (tertiary alicyclic amines) is 1. The van der Waals surface area contributed by atoms with E-state index in [0.29, 0.717) is 0 Å². The van der Waals surface area contributed by atoms with E-state index in [0.717, 1.165) is 49.3 Å². The Morgan fingerprint density at radius 3 is 2.78 bits per heavy atom. The van der Waals surface area contributed by atoms with Gasteiger partial charge in [-0.15, -0.1) is 0 Å². The van der Waals surface area contributed by atoms with Crippen molar-refractivity contribution in [2.75, 3.05) is 32.8 Å². The summed E-state index contributed by atoms with van der Waals surface area (Å²) < 4.78 is 8.25. The van der Waals surface area contributed by atoms with Crippen LogP contribution in [-0.2, 0) is 10.2 Å². The van der Waals surface area contributed by atoms with Crippen LogP contribution in [-0.4, -0.2) is 58.7 Å². The molecular formula is C30H35N5O. The van der Waals surface area contributed by atoms with E-state index in [1.807, 2.05) is 18.5 Å².